The fourth-order valence-electron chi connectivity index (χ4n) is 1.54. The Morgan fingerprint density at radius 1 is 1.28 bits per heavy atom. The monoisotopic (exact) mass is 246 g/mol. The van der Waals surface area contributed by atoms with Crippen molar-refractivity contribution in [3.8, 4) is 0 Å². The molecular formula is C12H14N4O2. The van der Waals surface area contributed by atoms with Crippen molar-refractivity contribution in [2.45, 2.75) is 12.8 Å². The molecule has 2 aromatic rings. The standard InChI is InChI=1S/C12H14N4O2/c13-12-10(15-18-16-12)8-11(17)14-7-6-9-4-2-1-3-5-9/h1-5H,6-8H2,(H2,13,16)(H,14,17). The summed E-state index contributed by atoms with van der Waals surface area (Å²) in [6.45, 7) is 0.577. The molecular weight excluding hydrogens is 232 g/mol. The summed E-state index contributed by atoms with van der Waals surface area (Å²) in [6, 6.07) is 9.94. The molecule has 0 unspecified atom stereocenters. The Morgan fingerprint density at radius 3 is 2.72 bits per heavy atom. The van der Waals surface area contributed by atoms with E-state index in [1.54, 1.807) is 0 Å². The van der Waals surface area contributed by atoms with Crippen molar-refractivity contribution in [1.29, 1.82) is 0 Å². The number of nitrogens with one attached hydrogen (secondary N) is 1. The molecule has 1 heterocycles. The molecule has 0 bridgehead atoms. The van der Waals surface area contributed by atoms with Gasteiger partial charge in [-0.25, -0.2) is 4.63 Å². The molecule has 1 aromatic carbocycles. The van der Waals surface area contributed by atoms with Crippen LogP contribution in [0, 0.1) is 0 Å². The van der Waals surface area contributed by atoms with Gasteiger partial charge in [0.15, 0.2) is 5.82 Å². The number of benzene rings is 1. The molecule has 94 valence electrons. The van der Waals surface area contributed by atoms with Crippen LogP contribution in [0.3, 0.4) is 0 Å². The number of hydrogen-bond acceptors (Lipinski definition) is 5. The predicted molar refractivity (Wildman–Crippen MR) is 65.6 cm³/mol. The number of nitrogens with zero attached hydrogens (tertiary/aromatic N) is 2. The van der Waals surface area contributed by atoms with Gasteiger partial charge in [-0.3, -0.25) is 4.79 Å². The van der Waals surface area contributed by atoms with Crippen LogP contribution >= 0.6 is 0 Å². The van der Waals surface area contributed by atoms with Crippen LogP contribution in [0.15, 0.2) is 35.0 Å². The van der Waals surface area contributed by atoms with Crippen LogP contribution in [0.2, 0.25) is 0 Å². The van der Waals surface area contributed by atoms with Gasteiger partial charge in [0.2, 0.25) is 5.91 Å². The average molecular weight is 246 g/mol. The van der Waals surface area contributed by atoms with Gasteiger partial charge in [0, 0.05) is 6.54 Å². The molecule has 6 nitrogen and oxygen atoms in total. The van der Waals surface area contributed by atoms with Crippen molar-refractivity contribution in [2.24, 2.45) is 0 Å². The van der Waals surface area contributed by atoms with E-state index in [1.165, 1.54) is 5.56 Å². The summed E-state index contributed by atoms with van der Waals surface area (Å²) in [4.78, 5) is 11.6. The first kappa shape index (κ1) is 12.1. The molecule has 0 aliphatic rings. The Bertz CT molecular complexity index is 510. The molecule has 1 aromatic heterocycles. The predicted octanol–water partition coefficient (Wildman–Crippen LogP) is 0.553. The fourth-order valence-corrected chi connectivity index (χ4v) is 1.54. The molecule has 2 rings (SSSR count). The Labute approximate surface area is 104 Å². The zero-order valence-electron chi connectivity index (χ0n) is 9.80. The minimum absolute atomic E-state index is 0.0874. The minimum atomic E-state index is -0.145. The molecule has 0 spiro atoms. The zero-order chi connectivity index (χ0) is 12.8. The SMILES string of the molecule is Nc1nonc1CC(=O)NCCc1ccccc1. The summed E-state index contributed by atoms with van der Waals surface area (Å²) in [7, 11) is 0. The summed E-state index contributed by atoms with van der Waals surface area (Å²) in [6.07, 6.45) is 0.878. The van der Waals surface area contributed by atoms with Crippen LogP contribution < -0.4 is 11.1 Å². The van der Waals surface area contributed by atoms with Gasteiger partial charge in [-0.2, -0.15) is 0 Å². The highest BCUT2D eigenvalue weighted by atomic mass is 16.6. The topological polar surface area (TPSA) is 94.0 Å². The second-order valence-corrected chi connectivity index (χ2v) is 3.86. The summed E-state index contributed by atoms with van der Waals surface area (Å²) < 4.78 is 4.41. The second-order valence-electron chi connectivity index (χ2n) is 3.86. The Kier molecular flexibility index (Phi) is 3.90. The molecule has 6 heteroatoms. The lowest BCUT2D eigenvalue weighted by Gasteiger charge is -2.03. The molecule has 0 fully saturated rings. The van der Waals surface area contributed by atoms with E-state index in [-0.39, 0.29) is 18.1 Å². The third-order valence-electron chi connectivity index (χ3n) is 2.49. The van der Waals surface area contributed by atoms with Crippen molar-refractivity contribution in [3.63, 3.8) is 0 Å². The quantitative estimate of drug-likeness (QED) is 0.803. The van der Waals surface area contributed by atoms with Gasteiger partial charge in [-0.1, -0.05) is 35.5 Å². The number of nitrogens with two attached hydrogens (primary N) is 1. The first-order valence-electron chi connectivity index (χ1n) is 5.63. The second kappa shape index (κ2) is 5.81. The van der Waals surface area contributed by atoms with E-state index in [0.717, 1.165) is 6.42 Å². The zero-order valence-corrected chi connectivity index (χ0v) is 9.80. The van der Waals surface area contributed by atoms with E-state index in [4.69, 9.17) is 5.73 Å². The molecule has 0 atom stereocenters. The fraction of sp³-hybridized carbons (Fsp3) is 0.250. The Hall–Kier alpha value is -2.37. The van der Waals surface area contributed by atoms with E-state index >= 15 is 0 Å². The lowest BCUT2D eigenvalue weighted by molar-refractivity contribution is -0.120. The van der Waals surface area contributed by atoms with Crippen LogP contribution in [0.4, 0.5) is 5.82 Å². The van der Waals surface area contributed by atoms with Gasteiger partial charge < -0.3 is 11.1 Å². The van der Waals surface area contributed by atoms with Gasteiger partial charge >= 0.3 is 0 Å². The lowest BCUT2D eigenvalue weighted by Crippen LogP contribution is -2.27. The lowest BCUT2D eigenvalue weighted by atomic mass is 10.1. The average Bonchev–Trinajstić information content (AvgIpc) is 2.76. The van der Waals surface area contributed by atoms with Gasteiger partial charge in [-0.15, -0.1) is 0 Å². The molecule has 0 aliphatic carbocycles. The molecule has 18 heavy (non-hydrogen) atoms. The van der Waals surface area contributed by atoms with Crippen molar-refractivity contribution < 1.29 is 9.42 Å². The van der Waals surface area contributed by atoms with Crippen LogP contribution in [0.5, 0.6) is 0 Å². The van der Waals surface area contributed by atoms with Gasteiger partial charge in [-0.05, 0) is 17.1 Å². The van der Waals surface area contributed by atoms with E-state index in [0.29, 0.717) is 12.2 Å². The normalized spacial score (nSPS) is 10.2. The highest BCUT2D eigenvalue weighted by molar-refractivity contribution is 5.79. The van der Waals surface area contributed by atoms with E-state index in [1.807, 2.05) is 30.3 Å². The molecule has 0 radical (unpaired) electrons. The Morgan fingerprint density at radius 2 is 2.06 bits per heavy atom. The third kappa shape index (κ3) is 3.31. The maximum atomic E-state index is 11.6. The maximum Gasteiger partial charge on any atom is 0.226 e. The van der Waals surface area contributed by atoms with Crippen LogP contribution in [-0.2, 0) is 17.6 Å². The highest BCUT2D eigenvalue weighted by Gasteiger charge is 2.10. The number of amides is 1. The third-order valence-corrected chi connectivity index (χ3v) is 2.49. The summed E-state index contributed by atoms with van der Waals surface area (Å²) in [5, 5.41) is 9.75. The van der Waals surface area contributed by atoms with Crippen LogP contribution in [0.1, 0.15) is 11.3 Å². The molecule has 0 aliphatic heterocycles. The van der Waals surface area contributed by atoms with Crippen LogP contribution in [0.25, 0.3) is 0 Å². The Balaban J connectivity index is 1.74. The summed E-state index contributed by atoms with van der Waals surface area (Å²) in [5.74, 6) is 0.0153. The number of nitrogen functional groups attached to an aromatic ring is 1. The van der Waals surface area contributed by atoms with Gasteiger partial charge in [0.05, 0.1) is 6.42 Å². The summed E-state index contributed by atoms with van der Waals surface area (Å²) in [5.41, 5.74) is 7.01. The van der Waals surface area contributed by atoms with Gasteiger partial charge in [0.1, 0.15) is 5.69 Å². The summed E-state index contributed by atoms with van der Waals surface area (Å²) >= 11 is 0. The molecule has 3 N–H and O–H groups in total. The number of carbonyl (C=O) groups is 1. The number of rotatable bonds is 5. The van der Waals surface area contributed by atoms with Crippen molar-refractivity contribution >= 4 is 11.7 Å². The maximum absolute atomic E-state index is 11.6. The van der Waals surface area contributed by atoms with Crippen molar-refractivity contribution in [1.82, 2.24) is 15.6 Å². The molecule has 1 amide bonds. The molecule has 0 saturated carbocycles. The van der Waals surface area contributed by atoms with Crippen molar-refractivity contribution in [3.05, 3.63) is 41.6 Å². The smallest absolute Gasteiger partial charge is 0.226 e. The van der Waals surface area contributed by atoms with E-state index in [9.17, 15) is 4.79 Å². The van der Waals surface area contributed by atoms with Crippen molar-refractivity contribution in [2.75, 3.05) is 12.3 Å². The molecule has 0 saturated heterocycles. The largest absolute Gasteiger partial charge is 0.379 e. The minimum Gasteiger partial charge on any atom is -0.379 e. The number of anilines is 1. The van der Waals surface area contributed by atoms with E-state index in [2.05, 4.69) is 20.3 Å². The number of carbonyl (C=O) groups excluding carboxylic acids is 1. The first-order valence-corrected chi connectivity index (χ1v) is 5.63. The van der Waals surface area contributed by atoms with E-state index < -0.39 is 0 Å². The number of hydrogen-bond donors (Lipinski definition) is 2. The number of aromatic nitrogens is 2. The van der Waals surface area contributed by atoms with Gasteiger partial charge in [0.25, 0.3) is 0 Å². The first-order chi connectivity index (χ1) is 8.75. The highest BCUT2D eigenvalue weighted by Crippen LogP contribution is 2.04. The van der Waals surface area contributed by atoms with Crippen LogP contribution in [-0.4, -0.2) is 22.8 Å².